The number of hydrogen-bond acceptors (Lipinski definition) is 3. The van der Waals surface area contributed by atoms with E-state index in [9.17, 15) is 0 Å². The molecule has 3 nitrogen and oxygen atoms in total. The molecule has 39 valence electrons. The first kappa shape index (κ1) is 4.43. The van der Waals surface area contributed by atoms with Gasteiger partial charge in [0.15, 0.2) is 0 Å². The number of methoxy groups -OCH3 is 1. The number of rotatable bonds is 0. The average molecular weight is 99.1 g/mol. The lowest BCUT2D eigenvalue weighted by molar-refractivity contribution is 0.390. The molecule has 1 aliphatic heterocycles. The van der Waals surface area contributed by atoms with E-state index < -0.39 is 0 Å². The minimum Gasteiger partial charge on any atom is -0.469 e. The fraction of sp³-hybridized carbons (Fsp3) is 0.500. The van der Waals surface area contributed by atoms with Gasteiger partial charge in [0.05, 0.1) is 20.2 Å². The number of hydrogen-bond donors (Lipinski definition) is 1. The maximum absolute atomic E-state index is 4.72. The minimum atomic E-state index is 0.611. The lowest BCUT2D eigenvalue weighted by atomic mass is 10.7. The van der Waals surface area contributed by atoms with Crippen LogP contribution in [0.1, 0.15) is 0 Å². The van der Waals surface area contributed by atoms with Gasteiger partial charge in [-0.3, -0.25) is 0 Å². The Hall–Kier alpha value is -0.730. The van der Waals surface area contributed by atoms with Gasteiger partial charge in [-0.25, -0.2) is 4.99 Å². The molecule has 0 unspecified atom stereocenters. The van der Waals surface area contributed by atoms with Crippen LogP contribution in [0.2, 0.25) is 0 Å². The summed E-state index contributed by atoms with van der Waals surface area (Å²) < 4.78 is 4.72. The SMILES string of the molecule is COC1=NC[CH]N1. The van der Waals surface area contributed by atoms with Crippen LogP contribution < -0.4 is 5.32 Å². The molecule has 0 aromatic heterocycles. The van der Waals surface area contributed by atoms with Gasteiger partial charge in [0.25, 0.3) is 6.02 Å². The van der Waals surface area contributed by atoms with Gasteiger partial charge in [-0.15, -0.1) is 0 Å². The van der Waals surface area contributed by atoms with Crippen LogP contribution in [0.5, 0.6) is 0 Å². The van der Waals surface area contributed by atoms with Crippen molar-refractivity contribution >= 4 is 6.02 Å². The normalized spacial score (nSPS) is 18.1. The van der Waals surface area contributed by atoms with Crippen LogP contribution in [0.15, 0.2) is 4.99 Å². The Morgan fingerprint density at radius 3 is 3.14 bits per heavy atom. The number of ether oxygens (including phenoxy) is 1. The Morgan fingerprint density at radius 1 is 2.00 bits per heavy atom. The highest BCUT2D eigenvalue weighted by Crippen LogP contribution is 1.87. The minimum absolute atomic E-state index is 0.611. The van der Waals surface area contributed by atoms with Crippen LogP contribution in [0.4, 0.5) is 0 Å². The Morgan fingerprint density at radius 2 is 2.86 bits per heavy atom. The second-order valence-electron chi connectivity index (χ2n) is 1.20. The van der Waals surface area contributed by atoms with Crippen molar-refractivity contribution in [3.05, 3.63) is 6.54 Å². The van der Waals surface area contributed by atoms with Crippen molar-refractivity contribution in [1.29, 1.82) is 0 Å². The molecule has 1 N–H and O–H groups in total. The highest BCUT2D eigenvalue weighted by Gasteiger charge is 2.01. The molecule has 1 rings (SSSR count). The van der Waals surface area contributed by atoms with Crippen molar-refractivity contribution < 1.29 is 4.74 Å². The molecule has 1 radical (unpaired) electrons. The van der Waals surface area contributed by atoms with E-state index in [0.717, 1.165) is 6.54 Å². The molecule has 3 heteroatoms. The second-order valence-corrected chi connectivity index (χ2v) is 1.20. The molecule has 0 bridgehead atoms. The highest BCUT2D eigenvalue weighted by atomic mass is 16.5. The van der Waals surface area contributed by atoms with Gasteiger partial charge in [0.2, 0.25) is 0 Å². The fourth-order valence-electron chi connectivity index (χ4n) is 0.431. The first-order valence-electron chi connectivity index (χ1n) is 2.10. The summed E-state index contributed by atoms with van der Waals surface area (Å²) in [4.78, 5) is 3.88. The van der Waals surface area contributed by atoms with Crippen molar-refractivity contribution in [2.75, 3.05) is 13.7 Å². The van der Waals surface area contributed by atoms with Crippen molar-refractivity contribution in [3.8, 4) is 0 Å². The van der Waals surface area contributed by atoms with Gasteiger partial charge < -0.3 is 10.1 Å². The lowest BCUT2D eigenvalue weighted by Gasteiger charge is -1.94. The third-order valence-electron chi connectivity index (χ3n) is 0.745. The summed E-state index contributed by atoms with van der Waals surface area (Å²) in [5.41, 5.74) is 0. The lowest BCUT2D eigenvalue weighted by Crippen LogP contribution is -2.15. The van der Waals surface area contributed by atoms with E-state index in [0.29, 0.717) is 6.02 Å². The van der Waals surface area contributed by atoms with Gasteiger partial charge >= 0.3 is 0 Å². The quantitative estimate of drug-likeness (QED) is 0.454. The predicted octanol–water partition coefficient (Wildman–Crippen LogP) is -0.246. The Labute approximate surface area is 42.4 Å². The molecule has 1 aliphatic rings. The zero-order valence-corrected chi connectivity index (χ0v) is 4.14. The van der Waals surface area contributed by atoms with Crippen molar-refractivity contribution in [2.45, 2.75) is 0 Å². The van der Waals surface area contributed by atoms with E-state index in [1.165, 1.54) is 0 Å². The van der Waals surface area contributed by atoms with E-state index in [1.807, 2.05) is 6.54 Å². The zero-order chi connectivity index (χ0) is 5.11. The van der Waals surface area contributed by atoms with Gasteiger partial charge in [0.1, 0.15) is 0 Å². The molecule has 7 heavy (non-hydrogen) atoms. The summed E-state index contributed by atoms with van der Waals surface area (Å²) in [6.45, 7) is 2.56. The van der Waals surface area contributed by atoms with Gasteiger partial charge in [-0.05, 0) is 0 Å². The summed E-state index contributed by atoms with van der Waals surface area (Å²) >= 11 is 0. The molecule has 0 saturated heterocycles. The van der Waals surface area contributed by atoms with Crippen molar-refractivity contribution in [3.63, 3.8) is 0 Å². The van der Waals surface area contributed by atoms with Crippen LogP contribution in [0.3, 0.4) is 0 Å². The van der Waals surface area contributed by atoms with E-state index >= 15 is 0 Å². The van der Waals surface area contributed by atoms with E-state index in [-0.39, 0.29) is 0 Å². The van der Waals surface area contributed by atoms with E-state index in [4.69, 9.17) is 4.74 Å². The molecule has 1 heterocycles. The maximum atomic E-state index is 4.72. The number of nitrogens with one attached hydrogen (secondary N) is 1. The van der Waals surface area contributed by atoms with Crippen LogP contribution in [-0.2, 0) is 4.74 Å². The monoisotopic (exact) mass is 99.1 g/mol. The largest absolute Gasteiger partial charge is 0.469 e. The topological polar surface area (TPSA) is 33.6 Å². The molecule has 0 spiro atoms. The van der Waals surface area contributed by atoms with Crippen LogP contribution >= 0.6 is 0 Å². The summed E-state index contributed by atoms with van der Waals surface area (Å²) in [6.07, 6.45) is 0. The first-order chi connectivity index (χ1) is 3.43. The highest BCUT2D eigenvalue weighted by molar-refractivity contribution is 5.75. The smallest absolute Gasteiger partial charge is 0.284 e. The third-order valence-corrected chi connectivity index (χ3v) is 0.745. The first-order valence-corrected chi connectivity index (χ1v) is 2.10. The molecular formula is C4H7N2O. The molecule has 0 aliphatic carbocycles. The summed E-state index contributed by atoms with van der Waals surface area (Å²) in [7, 11) is 1.59. The molecule has 0 aromatic rings. The summed E-state index contributed by atoms with van der Waals surface area (Å²) in [5.74, 6) is 0. The summed E-state index contributed by atoms with van der Waals surface area (Å²) in [6, 6.07) is 0.611. The molecule has 0 amide bonds. The van der Waals surface area contributed by atoms with Crippen molar-refractivity contribution in [1.82, 2.24) is 5.32 Å². The predicted molar refractivity (Wildman–Crippen MR) is 26.7 cm³/mol. The van der Waals surface area contributed by atoms with Crippen LogP contribution in [0, 0.1) is 6.54 Å². The standard InChI is InChI=1S/C4H7N2O/c1-7-4-5-2-3-6-4/h2H,3H2,1H3,(H,5,6). The van der Waals surface area contributed by atoms with Crippen LogP contribution in [-0.4, -0.2) is 19.7 Å². The van der Waals surface area contributed by atoms with Gasteiger partial charge in [-0.2, -0.15) is 0 Å². The molecule has 0 atom stereocenters. The molecule has 0 saturated carbocycles. The second kappa shape index (κ2) is 1.82. The van der Waals surface area contributed by atoms with E-state index in [2.05, 4.69) is 10.3 Å². The Kier molecular flexibility index (Phi) is 1.15. The summed E-state index contributed by atoms with van der Waals surface area (Å²) in [5, 5.41) is 2.81. The average Bonchev–Trinajstić information content (AvgIpc) is 2.14. The maximum Gasteiger partial charge on any atom is 0.284 e. The van der Waals surface area contributed by atoms with Crippen LogP contribution in [0.25, 0.3) is 0 Å². The molecule has 0 aromatic carbocycles. The van der Waals surface area contributed by atoms with Gasteiger partial charge in [-0.1, -0.05) is 0 Å². The number of nitrogens with zero attached hydrogens (tertiary/aromatic N) is 1. The fourth-order valence-corrected chi connectivity index (χ4v) is 0.431. The van der Waals surface area contributed by atoms with Crippen molar-refractivity contribution in [2.24, 2.45) is 4.99 Å². The third kappa shape index (κ3) is 0.824. The molecule has 0 fully saturated rings. The molecular weight excluding hydrogens is 92.1 g/mol. The van der Waals surface area contributed by atoms with E-state index in [1.54, 1.807) is 7.11 Å². The zero-order valence-electron chi connectivity index (χ0n) is 4.14. The number of amidine groups is 1. The van der Waals surface area contributed by atoms with Gasteiger partial charge in [0, 0.05) is 0 Å². The number of aliphatic imine (C=N–C) groups is 1. The Bertz CT molecular complexity index is 89.7. The Balaban J connectivity index is 2.36.